The number of ether oxygens (including phenoxy) is 1. The van der Waals surface area contributed by atoms with Gasteiger partial charge in [0.2, 0.25) is 0 Å². The highest BCUT2D eigenvalue weighted by Crippen LogP contribution is 2.25. The third-order valence-corrected chi connectivity index (χ3v) is 6.42. The van der Waals surface area contributed by atoms with E-state index in [1.165, 1.54) is 11.1 Å². The van der Waals surface area contributed by atoms with Crippen LogP contribution >= 0.6 is 0 Å². The molecule has 2 aromatic rings. The van der Waals surface area contributed by atoms with Crippen LogP contribution in [0.2, 0.25) is 0 Å². The Labute approximate surface area is 173 Å². The number of aromatic nitrogens is 2. The quantitative estimate of drug-likeness (QED) is 0.797. The zero-order valence-electron chi connectivity index (χ0n) is 17.9. The van der Waals surface area contributed by atoms with Crippen LogP contribution in [0.1, 0.15) is 34.5 Å². The van der Waals surface area contributed by atoms with Crippen LogP contribution in [0, 0.1) is 19.8 Å². The number of carbonyl (C=O) groups is 1. The van der Waals surface area contributed by atoms with Crippen LogP contribution in [0.4, 0.5) is 0 Å². The molecule has 1 aromatic carbocycles. The average Bonchev–Trinajstić information content (AvgIpc) is 3.12. The van der Waals surface area contributed by atoms with Crippen LogP contribution in [-0.4, -0.2) is 71.4 Å². The molecule has 0 bridgehead atoms. The van der Waals surface area contributed by atoms with E-state index in [1.807, 2.05) is 22.7 Å². The molecular formula is C23H32N4O2. The molecule has 29 heavy (non-hydrogen) atoms. The molecule has 0 atom stereocenters. The van der Waals surface area contributed by atoms with Crippen molar-refractivity contribution in [1.82, 2.24) is 19.6 Å². The van der Waals surface area contributed by atoms with E-state index in [0.29, 0.717) is 11.6 Å². The van der Waals surface area contributed by atoms with Crippen LogP contribution in [0.5, 0.6) is 0 Å². The SMILES string of the molecule is Cc1ccc(-c2cc(C(=O)N3CCC(CN4CCOCC4)CC3)nn2C)cc1C. The van der Waals surface area contributed by atoms with E-state index in [2.05, 4.69) is 42.0 Å². The Morgan fingerprint density at radius 1 is 1.07 bits per heavy atom. The van der Waals surface area contributed by atoms with Crippen LogP contribution in [-0.2, 0) is 11.8 Å². The predicted octanol–water partition coefficient (Wildman–Crippen LogP) is 2.89. The van der Waals surface area contributed by atoms with Crippen molar-refractivity contribution in [1.29, 1.82) is 0 Å². The summed E-state index contributed by atoms with van der Waals surface area (Å²) < 4.78 is 7.26. The maximum absolute atomic E-state index is 13.0. The first kappa shape index (κ1) is 20.1. The second-order valence-electron chi connectivity index (χ2n) is 8.49. The fraction of sp³-hybridized carbons (Fsp3) is 0.565. The zero-order chi connectivity index (χ0) is 20.4. The van der Waals surface area contributed by atoms with Gasteiger partial charge in [-0.1, -0.05) is 12.1 Å². The maximum atomic E-state index is 13.0. The Balaban J connectivity index is 1.38. The van der Waals surface area contributed by atoms with Gasteiger partial charge in [-0.25, -0.2) is 0 Å². The summed E-state index contributed by atoms with van der Waals surface area (Å²) in [5.74, 6) is 0.729. The molecule has 2 aliphatic rings. The normalized spacial score (nSPS) is 18.9. The van der Waals surface area contributed by atoms with Gasteiger partial charge in [0.15, 0.2) is 5.69 Å². The molecule has 6 heteroatoms. The first-order valence-corrected chi connectivity index (χ1v) is 10.7. The standard InChI is InChI=1S/C23H32N4O2/c1-17-4-5-20(14-18(17)2)22-15-21(24-25(22)3)23(28)27-8-6-19(7-9-27)16-26-10-12-29-13-11-26/h4-5,14-15,19H,6-13,16H2,1-3H3. The number of nitrogens with zero attached hydrogens (tertiary/aromatic N) is 4. The molecule has 4 rings (SSSR count). The maximum Gasteiger partial charge on any atom is 0.274 e. The van der Waals surface area contributed by atoms with Gasteiger partial charge in [-0.05, 0) is 55.9 Å². The lowest BCUT2D eigenvalue weighted by atomic mass is 9.95. The third kappa shape index (κ3) is 4.54. The number of amides is 1. The monoisotopic (exact) mass is 396 g/mol. The molecule has 6 nitrogen and oxygen atoms in total. The minimum atomic E-state index is 0.0560. The van der Waals surface area contributed by atoms with Crippen molar-refractivity contribution in [2.75, 3.05) is 45.9 Å². The van der Waals surface area contributed by atoms with Gasteiger partial charge in [-0.15, -0.1) is 0 Å². The van der Waals surface area contributed by atoms with Crippen molar-refractivity contribution >= 4 is 5.91 Å². The molecule has 2 saturated heterocycles. The van der Waals surface area contributed by atoms with Gasteiger partial charge in [0.25, 0.3) is 5.91 Å². The Morgan fingerprint density at radius 3 is 2.48 bits per heavy atom. The highest BCUT2D eigenvalue weighted by atomic mass is 16.5. The van der Waals surface area contributed by atoms with Crippen molar-refractivity contribution in [3.8, 4) is 11.3 Å². The second kappa shape index (κ2) is 8.67. The Morgan fingerprint density at radius 2 is 1.79 bits per heavy atom. The average molecular weight is 397 g/mol. The molecule has 0 aliphatic carbocycles. The summed E-state index contributed by atoms with van der Waals surface area (Å²) in [5, 5.41) is 4.53. The molecule has 0 saturated carbocycles. The molecule has 156 valence electrons. The molecule has 2 aliphatic heterocycles. The predicted molar refractivity (Wildman–Crippen MR) is 114 cm³/mol. The zero-order valence-corrected chi connectivity index (χ0v) is 17.9. The number of morpholine rings is 1. The van der Waals surface area contributed by atoms with Gasteiger partial charge in [0, 0.05) is 45.3 Å². The molecule has 1 amide bonds. The van der Waals surface area contributed by atoms with Gasteiger partial charge in [0.05, 0.1) is 18.9 Å². The number of benzene rings is 1. The molecule has 0 radical (unpaired) electrons. The number of rotatable bonds is 4. The van der Waals surface area contributed by atoms with E-state index in [0.717, 1.165) is 70.0 Å². The molecule has 2 fully saturated rings. The number of piperidine rings is 1. The summed E-state index contributed by atoms with van der Waals surface area (Å²) in [5.41, 5.74) is 5.16. The van der Waals surface area contributed by atoms with Crippen LogP contribution < -0.4 is 0 Å². The Kier molecular flexibility index (Phi) is 6.01. The molecule has 0 spiro atoms. The molecule has 1 aromatic heterocycles. The van der Waals surface area contributed by atoms with Gasteiger partial charge in [-0.2, -0.15) is 5.10 Å². The third-order valence-electron chi connectivity index (χ3n) is 6.42. The molecule has 0 N–H and O–H groups in total. The minimum Gasteiger partial charge on any atom is -0.379 e. The number of hydrogen-bond acceptors (Lipinski definition) is 4. The van der Waals surface area contributed by atoms with E-state index in [1.54, 1.807) is 0 Å². The highest BCUT2D eigenvalue weighted by molar-refractivity contribution is 5.93. The lowest BCUT2D eigenvalue weighted by Gasteiger charge is -2.35. The van der Waals surface area contributed by atoms with Gasteiger partial charge < -0.3 is 9.64 Å². The van der Waals surface area contributed by atoms with Crippen LogP contribution in [0.15, 0.2) is 24.3 Å². The van der Waals surface area contributed by atoms with E-state index in [9.17, 15) is 4.79 Å². The van der Waals surface area contributed by atoms with Gasteiger partial charge in [0.1, 0.15) is 0 Å². The summed E-state index contributed by atoms with van der Waals surface area (Å²) in [4.78, 5) is 17.5. The fourth-order valence-electron chi connectivity index (χ4n) is 4.37. The van der Waals surface area contributed by atoms with Crippen molar-refractivity contribution in [2.45, 2.75) is 26.7 Å². The number of aryl methyl sites for hydroxylation is 3. The molecule has 0 unspecified atom stereocenters. The van der Waals surface area contributed by atoms with Gasteiger partial charge >= 0.3 is 0 Å². The lowest BCUT2D eigenvalue weighted by Crippen LogP contribution is -2.44. The van der Waals surface area contributed by atoms with Crippen molar-refractivity contribution in [2.24, 2.45) is 13.0 Å². The van der Waals surface area contributed by atoms with Crippen LogP contribution in [0.25, 0.3) is 11.3 Å². The largest absolute Gasteiger partial charge is 0.379 e. The van der Waals surface area contributed by atoms with E-state index in [4.69, 9.17) is 4.74 Å². The smallest absolute Gasteiger partial charge is 0.274 e. The lowest BCUT2D eigenvalue weighted by molar-refractivity contribution is 0.0242. The summed E-state index contributed by atoms with van der Waals surface area (Å²) in [6.45, 7) is 10.8. The summed E-state index contributed by atoms with van der Waals surface area (Å²) >= 11 is 0. The Hall–Kier alpha value is -2.18. The van der Waals surface area contributed by atoms with E-state index >= 15 is 0 Å². The summed E-state index contributed by atoms with van der Waals surface area (Å²) in [7, 11) is 1.91. The van der Waals surface area contributed by atoms with Crippen LogP contribution in [0.3, 0.4) is 0 Å². The molecule has 3 heterocycles. The number of hydrogen-bond donors (Lipinski definition) is 0. The van der Waals surface area contributed by atoms with E-state index in [-0.39, 0.29) is 5.91 Å². The number of likely N-dealkylation sites (tertiary alicyclic amines) is 1. The molecular weight excluding hydrogens is 364 g/mol. The first-order valence-electron chi connectivity index (χ1n) is 10.7. The fourth-order valence-corrected chi connectivity index (χ4v) is 4.37. The minimum absolute atomic E-state index is 0.0560. The van der Waals surface area contributed by atoms with Crippen molar-refractivity contribution in [3.63, 3.8) is 0 Å². The Bertz CT molecular complexity index is 862. The topological polar surface area (TPSA) is 50.6 Å². The van der Waals surface area contributed by atoms with Crippen molar-refractivity contribution < 1.29 is 9.53 Å². The van der Waals surface area contributed by atoms with Gasteiger partial charge in [-0.3, -0.25) is 14.4 Å². The van der Waals surface area contributed by atoms with Crippen molar-refractivity contribution in [3.05, 3.63) is 41.1 Å². The summed E-state index contributed by atoms with van der Waals surface area (Å²) in [6.07, 6.45) is 2.14. The van der Waals surface area contributed by atoms with E-state index < -0.39 is 0 Å². The first-order chi connectivity index (χ1) is 14.0. The highest BCUT2D eigenvalue weighted by Gasteiger charge is 2.27. The number of carbonyl (C=O) groups excluding carboxylic acids is 1. The second-order valence-corrected chi connectivity index (χ2v) is 8.49. The summed E-state index contributed by atoms with van der Waals surface area (Å²) in [6, 6.07) is 8.33.